The molecule has 1 aliphatic heterocycles. The molecule has 4 N–H and O–H groups in total. The summed E-state index contributed by atoms with van der Waals surface area (Å²) in [5, 5.41) is 14.7. The second-order valence-corrected chi connectivity index (χ2v) is 19.7. The van der Waals surface area contributed by atoms with Gasteiger partial charge in [-0.25, -0.2) is 0 Å². The van der Waals surface area contributed by atoms with Crippen LogP contribution in [0.1, 0.15) is 60.3 Å². The van der Waals surface area contributed by atoms with Gasteiger partial charge in [0.15, 0.2) is 5.11 Å². The molecule has 3 aromatic rings. The lowest BCUT2D eigenvalue weighted by Gasteiger charge is -2.44. The number of nitrogens with one attached hydrogen (secondary N) is 4. The minimum absolute atomic E-state index is 0.00185. The third-order valence-electron chi connectivity index (χ3n) is 11.1. The monoisotopic (exact) mass is 682 g/mol. The van der Waals surface area contributed by atoms with Crippen molar-refractivity contribution in [1.82, 2.24) is 10.6 Å². The van der Waals surface area contributed by atoms with Crippen LogP contribution in [-0.2, 0) is 18.8 Å². The molecule has 3 aliphatic rings. The van der Waals surface area contributed by atoms with Crippen molar-refractivity contribution in [2.75, 3.05) is 17.2 Å². The Balaban J connectivity index is 1.14. The van der Waals surface area contributed by atoms with Crippen molar-refractivity contribution in [3.05, 3.63) is 84.9 Å². The molecule has 3 fully saturated rings. The van der Waals surface area contributed by atoms with E-state index in [1.165, 1.54) is 10.4 Å². The summed E-state index contributed by atoms with van der Waals surface area (Å²) in [7, 11) is -2.77. The lowest BCUT2D eigenvalue weighted by molar-refractivity contribution is -0.143. The van der Waals surface area contributed by atoms with Crippen LogP contribution >= 0.6 is 12.2 Å². The van der Waals surface area contributed by atoms with Gasteiger partial charge in [-0.3, -0.25) is 14.4 Å². The number of ketones is 1. The van der Waals surface area contributed by atoms with Gasteiger partial charge >= 0.3 is 0 Å². The average Bonchev–Trinajstić information content (AvgIpc) is 3.68. The van der Waals surface area contributed by atoms with E-state index < -0.39 is 25.2 Å². The predicted molar refractivity (Wildman–Crippen MR) is 197 cm³/mol. The Morgan fingerprint density at radius 2 is 1.46 bits per heavy atom. The first kappa shape index (κ1) is 34.2. The molecule has 2 aliphatic carbocycles. The van der Waals surface area contributed by atoms with Crippen molar-refractivity contribution in [1.29, 1.82) is 0 Å². The van der Waals surface area contributed by atoms with Gasteiger partial charge in [-0.1, -0.05) is 107 Å². The number of thiocarbonyl (C=S) groups is 1. The fourth-order valence-corrected chi connectivity index (χ4v) is 13.3. The summed E-state index contributed by atoms with van der Waals surface area (Å²) in [6, 6.07) is 27.8. The van der Waals surface area contributed by atoms with E-state index in [1.54, 1.807) is 12.1 Å². The molecule has 10 heteroatoms. The van der Waals surface area contributed by atoms with Crippen LogP contribution in [-0.4, -0.2) is 49.7 Å². The average molecular weight is 683 g/mol. The van der Waals surface area contributed by atoms with Gasteiger partial charge < -0.3 is 25.7 Å². The largest absolute Gasteiger partial charge is 0.403 e. The van der Waals surface area contributed by atoms with E-state index in [2.05, 4.69) is 90.6 Å². The third-order valence-corrected chi connectivity index (χ3v) is 16.4. The number of carbonyl (C=O) groups excluding carboxylic acids is 3. The topological polar surface area (TPSA) is 109 Å². The van der Waals surface area contributed by atoms with Gasteiger partial charge in [-0.2, -0.15) is 0 Å². The minimum atomic E-state index is -2.77. The van der Waals surface area contributed by atoms with E-state index in [0.717, 1.165) is 6.42 Å². The van der Waals surface area contributed by atoms with Crippen LogP contribution in [0.3, 0.4) is 0 Å². The molecule has 1 saturated heterocycles. The summed E-state index contributed by atoms with van der Waals surface area (Å²) >= 11 is 5.54. The quantitative estimate of drug-likeness (QED) is 0.148. The molecule has 6 rings (SSSR count). The molecule has 2 bridgehead atoms. The molecule has 252 valence electrons. The third kappa shape index (κ3) is 5.82. The standard InChI is InChI=1S/C38H46N4O4SSi/c1-36(2,3)48(27-14-8-6-9-15-27,28-16-10-7-11-17-28)46-26-23-31(39-24-26)33(44)40-29-18-12-13-19-30(29)41-35(47)42-34(45)38-21-20-25(22-32(38)43)37(38,4)5/h6-19,25-26,31,39H,20-24H2,1-5H3,(H,40,44)(H2,41,42,45,47)/t25-,26-,31+,38-/m1/s1. The van der Waals surface area contributed by atoms with Gasteiger partial charge in [0.05, 0.1) is 23.5 Å². The Morgan fingerprint density at radius 3 is 1.98 bits per heavy atom. The maximum Gasteiger partial charge on any atom is 0.261 e. The molecule has 2 amide bonds. The number of Topliss-reactive ketones (excluding diaryl/α,β-unsaturated/α-hetero) is 1. The van der Waals surface area contributed by atoms with E-state index in [9.17, 15) is 14.4 Å². The molecule has 0 aromatic heterocycles. The Hall–Kier alpha value is -3.70. The highest BCUT2D eigenvalue weighted by Crippen LogP contribution is 2.63. The summed E-state index contributed by atoms with van der Waals surface area (Å²) in [5.41, 5.74) is -0.386. The van der Waals surface area contributed by atoms with Crippen molar-refractivity contribution < 1.29 is 18.8 Å². The predicted octanol–water partition coefficient (Wildman–Crippen LogP) is 5.14. The summed E-state index contributed by atoms with van der Waals surface area (Å²) < 4.78 is 7.27. The maximum atomic E-state index is 13.7. The highest BCUT2D eigenvalue weighted by molar-refractivity contribution is 7.80. The van der Waals surface area contributed by atoms with Crippen LogP contribution < -0.4 is 31.6 Å². The maximum absolute atomic E-state index is 13.7. The number of carbonyl (C=O) groups is 3. The summed E-state index contributed by atoms with van der Waals surface area (Å²) in [6.07, 6.45) is 2.20. The van der Waals surface area contributed by atoms with E-state index in [0.29, 0.717) is 37.2 Å². The van der Waals surface area contributed by atoms with E-state index >= 15 is 0 Å². The number of benzene rings is 3. The van der Waals surface area contributed by atoms with Crippen LogP contribution in [0.25, 0.3) is 0 Å². The lowest BCUT2D eigenvalue weighted by atomic mass is 9.68. The first-order valence-electron chi connectivity index (χ1n) is 16.9. The van der Waals surface area contributed by atoms with Crippen LogP contribution in [0.15, 0.2) is 84.9 Å². The SMILES string of the molecule is CC1(C)[C@@H]2CC[C@]1(C(=O)NC(=S)Nc1ccccc1NC(=O)[C@@H]1C[C@@H](O[Si](c3ccccc3)(c3ccccc3)C(C)(C)C)CN1)C(=O)C2. The van der Waals surface area contributed by atoms with Crippen molar-refractivity contribution >= 4 is 65.0 Å². The van der Waals surface area contributed by atoms with Gasteiger partial charge in [0, 0.05) is 13.0 Å². The van der Waals surface area contributed by atoms with E-state index in [1.807, 2.05) is 38.1 Å². The van der Waals surface area contributed by atoms with Crippen molar-refractivity contribution in [3.63, 3.8) is 0 Å². The number of anilines is 2. The smallest absolute Gasteiger partial charge is 0.261 e. The Labute approximate surface area is 289 Å². The number of hydrogen-bond acceptors (Lipinski definition) is 6. The molecule has 0 unspecified atom stereocenters. The van der Waals surface area contributed by atoms with Crippen LogP contribution in [0, 0.1) is 16.7 Å². The van der Waals surface area contributed by atoms with Crippen LogP contribution in [0.4, 0.5) is 11.4 Å². The first-order chi connectivity index (χ1) is 22.8. The van der Waals surface area contributed by atoms with Gasteiger partial charge in [-0.05, 0) is 70.4 Å². The Kier molecular flexibility index (Phi) is 9.23. The molecule has 2 saturated carbocycles. The number of fused-ring (bicyclic) bond motifs is 2. The molecule has 0 radical (unpaired) electrons. The minimum Gasteiger partial charge on any atom is -0.403 e. The van der Waals surface area contributed by atoms with Gasteiger partial charge in [0.2, 0.25) is 11.8 Å². The zero-order valence-electron chi connectivity index (χ0n) is 28.4. The molecule has 4 atom stereocenters. The van der Waals surface area contributed by atoms with E-state index in [4.69, 9.17) is 16.6 Å². The molecule has 48 heavy (non-hydrogen) atoms. The highest BCUT2D eigenvalue weighted by atomic mass is 32.1. The Morgan fingerprint density at radius 1 is 0.896 bits per heavy atom. The van der Waals surface area contributed by atoms with Crippen LogP contribution in [0.2, 0.25) is 5.04 Å². The number of para-hydroxylation sites is 2. The number of amides is 2. The zero-order valence-corrected chi connectivity index (χ0v) is 30.2. The first-order valence-corrected chi connectivity index (χ1v) is 19.2. The summed E-state index contributed by atoms with van der Waals surface area (Å²) in [4.78, 5) is 40.1. The van der Waals surface area contributed by atoms with E-state index in [-0.39, 0.29) is 39.8 Å². The molecular weight excluding hydrogens is 637 g/mol. The molecular formula is C38H46N4O4SSi. The number of rotatable bonds is 8. The normalized spacial score (nSPS) is 24.7. The molecule has 0 spiro atoms. The summed E-state index contributed by atoms with van der Waals surface area (Å²) in [6.45, 7) is 11.3. The zero-order chi connectivity index (χ0) is 34.3. The second-order valence-electron chi connectivity index (χ2n) is 15.0. The van der Waals surface area contributed by atoms with Crippen LogP contribution in [0.5, 0.6) is 0 Å². The fourth-order valence-electron chi connectivity index (χ4n) is 8.43. The molecule has 1 heterocycles. The van der Waals surface area contributed by atoms with Crippen molar-refractivity contribution in [3.8, 4) is 0 Å². The van der Waals surface area contributed by atoms with Gasteiger partial charge in [0.1, 0.15) is 11.2 Å². The fraction of sp³-hybridized carbons (Fsp3) is 0.421. The lowest BCUT2D eigenvalue weighted by Crippen LogP contribution is -2.67. The highest BCUT2D eigenvalue weighted by Gasteiger charge is 2.68. The Bertz CT molecular complexity index is 1670. The second kappa shape index (κ2) is 13.0. The summed E-state index contributed by atoms with van der Waals surface area (Å²) in [5.74, 6) is -0.315. The molecule has 3 aromatic carbocycles. The van der Waals surface area contributed by atoms with Crippen molar-refractivity contribution in [2.45, 2.75) is 77.5 Å². The van der Waals surface area contributed by atoms with Gasteiger partial charge in [0.25, 0.3) is 8.32 Å². The number of hydrogen-bond donors (Lipinski definition) is 4. The molecule has 8 nitrogen and oxygen atoms in total. The van der Waals surface area contributed by atoms with Gasteiger partial charge in [-0.15, -0.1) is 0 Å². The van der Waals surface area contributed by atoms with Crippen molar-refractivity contribution in [2.24, 2.45) is 16.7 Å².